The number of carbonyl (C=O) groups is 1. The van der Waals surface area contributed by atoms with E-state index in [1.165, 1.54) is 0 Å². The van der Waals surface area contributed by atoms with Gasteiger partial charge in [0, 0.05) is 0 Å². The van der Waals surface area contributed by atoms with Crippen molar-refractivity contribution in [3.63, 3.8) is 0 Å². The van der Waals surface area contributed by atoms with Gasteiger partial charge in [-0.3, -0.25) is 0 Å². The Hall–Kier alpha value is -0.410. The molecule has 0 aromatic rings. The quantitative estimate of drug-likeness (QED) is 0.475. The lowest BCUT2D eigenvalue weighted by Crippen LogP contribution is -2.20. The Balaban J connectivity index is 2.32. The van der Waals surface area contributed by atoms with E-state index in [1.54, 1.807) is 0 Å². The highest BCUT2D eigenvalue weighted by molar-refractivity contribution is 5.56. The van der Waals surface area contributed by atoms with Gasteiger partial charge in [0.05, 0.1) is 0 Å². The molecule has 2 N–H and O–H groups in total. The second kappa shape index (κ2) is 2.24. The van der Waals surface area contributed by atoms with Gasteiger partial charge in [-0.05, 0) is 12.8 Å². The fraction of sp³-hybridized carbons (Fsp3) is 0.800. The second-order valence-electron chi connectivity index (χ2n) is 1.93. The predicted octanol–water partition coefficient (Wildman–Crippen LogP) is -0.351. The largest absolute Gasteiger partial charge is 0.353 e. The van der Waals surface area contributed by atoms with Gasteiger partial charge in [-0.1, -0.05) is 0 Å². The molecule has 0 aromatic carbocycles. The van der Waals surface area contributed by atoms with Crippen LogP contribution in [0.15, 0.2) is 0 Å². The van der Waals surface area contributed by atoms with Gasteiger partial charge >= 0.3 is 0 Å². The molecule has 0 saturated carbocycles. The fourth-order valence-electron chi connectivity index (χ4n) is 0.789. The zero-order valence-corrected chi connectivity index (χ0v) is 4.54. The molecule has 3 nitrogen and oxygen atoms in total. The summed E-state index contributed by atoms with van der Waals surface area (Å²) in [6.45, 7) is 0. The van der Waals surface area contributed by atoms with E-state index in [0.29, 0.717) is 0 Å². The Morgan fingerprint density at radius 3 is 2.62 bits per heavy atom. The second-order valence-corrected chi connectivity index (χ2v) is 1.93. The van der Waals surface area contributed by atoms with E-state index in [9.17, 15) is 4.79 Å². The van der Waals surface area contributed by atoms with Gasteiger partial charge in [0.15, 0.2) is 0 Å². The van der Waals surface area contributed by atoms with Crippen LogP contribution in [0.4, 0.5) is 0 Å². The summed E-state index contributed by atoms with van der Waals surface area (Å²) in [5.41, 5.74) is 5.32. The molecule has 0 amide bonds. The van der Waals surface area contributed by atoms with Crippen molar-refractivity contribution in [1.82, 2.24) is 0 Å². The summed E-state index contributed by atoms with van der Waals surface area (Å²) in [5, 5.41) is 0. The van der Waals surface area contributed by atoms with Crippen LogP contribution in [0, 0.1) is 0 Å². The van der Waals surface area contributed by atoms with E-state index in [2.05, 4.69) is 0 Å². The molecule has 1 aliphatic rings. The number of hydrogen-bond donors (Lipinski definition) is 1. The number of carbonyl (C=O) groups excluding carboxylic acids is 1. The molecule has 2 atom stereocenters. The first-order valence-corrected chi connectivity index (χ1v) is 2.69. The Labute approximate surface area is 47.8 Å². The third-order valence-corrected chi connectivity index (χ3v) is 1.24. The van der Waals surface area contributed by atoms with Crippen LogP contribution in [0.5, 0.6) is 0 Å². The zero-order chi connectivity index (χ0) is 5.98. The highest BCUT2D eigenvalue weighted by atomic mass is 16.5. The number of hydrogen-bond acceptors (Lipinski definition) is 3. The lowest BCUT2D eigenvalue weighted by Gasteiger charge is -2.00. The lowest BCUT2D eigenvalue weighted by molar-refractivity contribution is -0.117. The van der Waals surface area contributed by atoms with E-state index in [-0.39, 0.29) is 12.3 Å². The van der Waals surface area contributed by atoms with Crippen LogP contribution >= 0.6 is 0 Å². The highest BCUT2D eigenvalue weighted by Gasteiger charge is 2.20. The molecule has 2 unspecified atom stereocenters. The average molecular weight is 115 g/mol. The van der Waals surface area contributed by atoms with Crippen molar-refractivity contribution in [3.05, 3.63) is 0 Å². The van der Waals surface area contributed by atoms with Crippen molar-refractivity contribution in [2.45, 2.75) is 25.2 Å². The number of aldehydes is 1. The summed E-state index contributed by atoms with van der Waals surface area (Å²) >= 11 is 0. The molecular formula is C5H9NO2. The minimum atomic E-state index is -0.231. The molecule has 0 bridgehead atoms. The summed E-state index contributed by atoms with van der Waals surface area (Å²) in [6, 6.07) is 0. The standard InChI is InChI=1S/C5H9NO2/c6-5-2-1-4(3-7)8-5/h3-5H,1-2,6H2. The van der Waals surface area contributed by atoms with Crippen LogP contribution < -0.4 is 5.73 Å². The lowest BCUT2D eigenvalue weighted by atomic mass is 10.2. The first-order valence-electron chi connectivity index (χ1n) is 2.69. The topological polar surface area (TPSA) is 52.3 Å². The zero-order valence-electron chi connectivity index (χ0n) is 4.54. The van der Waals surface area contributed by atoms with Gasteiger partial charge < -0.3 is 15.3 Å². The van der Waals surface area contributed by atoms with Gasteiger partial charge in [-0.2, -0.15) is 0 Å². The Morgan fingerprint density at radius 1 is 1.62 bits per heavy atom. The molecule has 46 valence electrons. The molecular weight excluding hydrogens is 106 g/mol. The van der Waals surface area contributed by atoms with Crippen LogP contribution in [0.2, 0.25) is 0 Å². The molecule has 0 aromatic heterocycles. The van der Waals surface area contributed by atoms with Gasteiger partial charge in [-0.15, -0.1) is 0 Å². The smallest absolute Gasteiger partial charge is 0.148 e. The van der Waals surface area contributed by atoms with E-state index >= 15 is 0 Å². The molecule has 8 heavy (non-hydrogen) atoms. The number of rotatable bonds is 1. The molecule has 1 aliphatic heterocycles. The molecule has 1 heterocycles. The van der Waals surface area contributed by atoms with Gasteiger partial charge in [0.1, 0.15) is 18.6 Å². The Kier molecular flexibility index (Phi) is 1.60. The minimum Gasteiger partial charge on any atom is -0.353 e. The predicted molar refractivity (Wildman–Crippen MR) is 28.1 cm³/mol. The normalized spacial score (nSPS) is 37.6. The first-order chi connectivity index (χ1) is 3.83. The van der Waals surface area contributed by atoms with Gasteiger partial charge in [0.2, 0.25) is 0 Å². The monoisotopic (exact) mass is 115 g/mol. The molecule has 0 aliphatic carbocycles. The molecule has 1 rings (SSSR count). The van der Waals surface area contributed by atoms with Crippen LogP contribution in [0.25, 0.3) is 0 Å². The van der Waals surface area contributed by atoms with Crippen LogP contribution in [0.3, 0.4) is 0 Å². The highest BCUT2D eigenvalue weighted by Crippen LogP contribution is 2.13. The van der Waals surface area contributed by atoms with Gasteiger partial charge in [-0.25, -0.2) is 0 Å². The average Bonchev–Trinajstić information content (AvgIpc) is 2.14. The first kappa shape index (κ1) is 5.72. The number of nitrogens with two attached hydrogens (primary N) is 1. The summed E-state index contributed by atoms with van der Waals surface area (Å²) in [7, 11) is 0. The summed E-state index contributed by atoms with van der Waals surface area (Å²) in [5.74, 6) is 0. The van der Waals surface area contributed by atoms with Crippen molar-refractivity contribution in [2.75, 3.05) is 0 Å². The summed E-state index contributed by atoms with van der Waals surface area (Å²) < 4.78 is 4.92. The minimum absolute atomic E-state index is 0.204. The van der Waals surface area contributed by atoms with Crippen molar-refractivity contribution < 1.29 is 9.53 Å². The Morgan fingerprint density at radius 2 is 2.38 bits per heavy atom. The van der Waals surface area contributed by atoms with E-state index < -0.39 is 0 Å². The van der Waals surface area contributed by atoms with E-state index in [0.717, 1.165) is 19.1 Å². The fourth-order valence-corrected chi connectivity index (χ4v) is 0.789. The van der Waals surface area contributed by atoms with Gasteiger partial charge in [0.25, 0.3) is 0 Å². The SMILES string of the molecule is NC1CCC(C=O)O1. The molecule has 0 spiro atoms. The molecule has 3 heteroatoms. The Bertz CT molecular complexity index is 94.4. The molecule has 1 fully saturated rings. The maximum absolute atomic E-state index is 9.97. The van der Waals surface area contributed by atoms with Crippen molar-refractivity contribution in [1.29, 1.82) is 0 Å². The third-order valence-electron chi connectivity index (χ3n) is 1.24. The van der Waals surface area contributed by atoms with Crippen molar-refractivity contribution in [2.24, 2.45) is 5.73 Å². The van der Waals surface area contributed by atoms with E-state index in [4.69, 9.17) is 10.5 Å². The molecule has 0 radical (unpaired) electrons. The van der Waals surface area contributed by atoms with E-state index in [1.807, 2.05) is 0 Å². The maximum Gasteiger partial charge on any atom is 0.148 e. The number of ether oxygens (including phenoxy) is 1. The van der Waals surface area contributed by atoms with Crippen LogP contribution in [-0.2, 0) is 9.53 Å². The maximum atomic E-state index is 9.97. The van der Waals surface area contributed by atoms with Crippen molar-refractivity contribution >= 4 is 6.29 Å². The van der Waals surface area contributed by atoms with Crippen LogP contribution in [-0.4, -0.2) is 18.6 Å². The van der Waals surface area contributed by atoms with Crippen LogP contribution in [0.1, 0.15) is 12.8 Å². The summed E-state index contributed by atoms with van der Waals surface area (Å²) in [4.78, 5) is 9.97. The molecule has 1 saturated heterocycles. The van der Waals surface area contributed by atoms with Crippen molar-refractivity contribution in [3.8, 4) is 0 Å². The third kappa shape index (κ3) is 1.05. The summed E-state index contributed by atoms with van der Waals surface area (Å²) in [6.07, 6.45) is 1.95.